The summed E-state index contributed by atoms with van der Waals surface area (Å²) in [5.74, 6) is -0.231. The zero-order valence-electron chi connectivity index (χ0n) is 19.3. The van der Waals surface area contributed by atoms with Crippen LogP contribution in [0.25, 0.3) is 0 Å². The summed E-state index contributed by atoms with van der Waals surface area (Å²) >= 11 is 1.46. The molecule has 1 heterocycles. The fraction of sp³-hybridized carbons (Fsp3) is 0.542. The zero-order valence-corrected chi connectivity index (χ0v) is 20.1. The lowest BCUT2D eigenvalue weighted by Crippen LogP contribution is -2.48. The molecule has 2 aromatic rings. The molecule has 0 aliphatic heterocycles. The molecule has 3 N–H and O–H groups in total. The van der Waals surface area contributed by atoms with Crippen molar-refractivity contribution < 1.29 is 32.6 Å². The number of ether oxygens (including phenoxy) is 1. The number of nitrogens with two attached hydrogens (primary N) is 1. The number of rotatable bonds is 7. The van der Waals surface area contributed by atoms with Gasteiger partial charge in [-0.2, -0.15) is 13.2 Å². The van der Waals surface area contributed by atoms with Gasteiger partial charge in [0.05, 0.1) is 11.2 Å². The summed E-state index contributed by atoms with van der Waals surface area (Å²) < 4.78 is 44.7. The minimum absolute atomic E-state index is 0.0479. The largest absolute Gasteiger partial charge is 0.449 e. The molecule has 0 unspecified atom stereocenters. The Labute approximate surface area is 205 Å². The summed E-state index contributed by atoms with van der Waals surface area (Å²) in [5.41, 5.74) is 4.28. The van der Waals surface area contributed by atoms with Gasteiger partial charge in [-0.05, 0) is 63.1 Å². The first-order chi connectivity index (χ1) is 16.4. The van der Waals surface area contributed by atoms with E-state index in [0.29, 0.717) is 32.6 Å². The van der Waals surface area contributed by atoms with Gasteiger partial charge in [-0.15, -0.1) is 11.3 Å². The SMILES string of the molecule is C[C@](O)(c1ccc(C(=O)N(C2CC2)[C@H]2CC[C@@](COC(N)=O)(c3cscn3)CC2)cc1)C(F)(F)F. The molecule has 2 saturated carbocycles. The second-order valence-corrected chi connectivity index (χ2v) is 10.3. The van der Waals surface area contributed by atoms with Crippen LogP contribution in [0.5, 0.6) is 0 Å². The van der Waals surface area contributed by atoms with E-state index in [1.54, 1.807) is 5.51 Å². The second kappa shape index (κ2) is 9.42. The molecule has 11 heteroatoms. The van der Waals surface area contributed by atoms with E-state index in [0.717, 1.165) is 30.7 Å². The third-order valence-electron chi connectivity index (χ3n) is 7.19. The van der Waals surface area contributed by atoms with Crippen LogP contribution in [0, 0.1) is 0 Å². The number of alkyl halides is 3. The van der Waals surface area contributed by atoms with E-state index in [1.165, 1.54) is 23.5 Å². The predicted molar refractivity (Wildman–Crippen MR) is 123 cm³/mol. The number of hydrogen-bond acceptors (Lipinski definition) is 6. The van der Waals surface area contributed by atoms with Gasteiger partial charge in [0.1, 0.15) is 6.61 Å². The van der Waals surface area contributed by atoms with Crippen molar-refractivity contribution >= 4 is 23.3 Å². The quantitative estimate of drug-likeness (QED) is 0.570. The molecule has 35 heavy (non-hydrogen) atoms. The smallest absolute Gasteiger partial charge is 0.421 e. The molecule has 2 fully saturated rings. The molecule has 7 nitrogen and oxygen atoms in total. The highest BCUT2D eigenvalue weighted by atomic mass is 32.1. The van der Waals surface area contributed by atoms with Crippen LogP contribution in [0.4, 0.5) is 18.0 Å². The molecular formula is C24H28F3N3O4S. The van der Waals surface area contributed by atoms with E-state index >= 15 is 0 Å². The van der Waals surface area contributed by atoms with Gasteiger partial charge >= 0.3 is 12.3 Å². The maximum absolute atomic E-state index is 13.4. The van der Waals surface area contributed by atoms with Crippen LogP contribution in [0.3, 0.4) is 0 Å². The highest BCUT2D eigenvalue weighted by Gasteiger charge is 2.51. The standard InChI is InChI=1S/C24H28F3N3O4S/c1-22(33,24(25,26)27)16-4-2-15(3-5-16)20(31)30(17-6-7-17)18-8-10-23(11-9-18,13-34-21(28)32)19-12-35-14-29-19/h2-5,12,14,17-18,33H,6-11,13H2,1H3,(H2,28,32)/t18-,22-,23+/m0/s1. The van der Waals surface area contributed by atoms with E-state index in [1.807, 2.05) is 10.3 Å². The number of carbonyl (C=O) groups is 2. The van der Waals surface area contributed by atoms with Gasteiger partial charge in [0.15, 0.2) is 5.60 Å². The Morgan fingerprint density at radius 2 is 1.77 bits per heavy atom. The molecule has 1 atom stereocenters. The normalized spacial score (nSPS) is 24.4. The Bertz CT molecular complexity index is 1040. The molecule has 4 rings (SSSR count). The molecule has 0 radical (unpaired) electrons. The van der Waals surface area contributed by atoms with Crippen molar-refractivity contribution in [2.75, 3.05) is 6.61 Å². The summed E-state index contributed by atoms with van der Waals surface area (Å²) in [5, 5.41) is 11.8. The van der Waals surface area contributed by atoms with E-state index in [9.17, 15) is 27.9 Å². The fourth-order valence-electron chi connectivity index (χ4n) is 4.82. The first-order valence-corrected chi connectivity index (χ1v) is 12.4. The number of aromatic nitrogens is 1. The van der Waals surface area contributed by atoms with Gasteiger partial charge in [0.25, 0.3) is 5.91 Å². The number of amides is 2. The average Bonchev–Trinajstić information content (AvgIpc) is 3.48. The molecule has 0 spiro atoms. The number of aliphatic hydroxyl groups is 1. The molecule has 0 saturated heterocycles. The fourth-order valence-corrected chi connectivity index (χ4v) is 5.50. The summed E-state index contributed by atoms with van der Waals surface area (Å²) in [6.07, 6.45) is -1.27. The molecule has 1 aromatic carbocycles. The van der Waals surface area contributed by atoms with Crippen LogP contribution in [0.1, 0.15) is 67.1 Å². The van der Waals surface area contributed by atoms with Crippen LogP contribution >= 0.6 is 11.3 Å². The number of thiazole rings is 1. The van der Waals surface area contributed by atoms with E-state index in [-0.39, 0.29) is 35.7 Å². The Kier molecular flexibility index (Phi) is 6.85. The summed E-state index contributed by atoms with van der Waals surface area (Å²) in [6.45, 7) is 0.815. The first-order valence-electron chi connectivity index (χ1n) is 11.5. The Balaban J connectivity index is 1.50. The number of primary amides is 1. The molecule has 2 amide bonds. The molecule has 1 aromatic heterocycles. The third kappa shape index (κ3) is 5.16. The van der Waals surface area contributed by atoms with Gasteiger partial charge in [-0.1, -0.05) is 12.1 Å². The second-order valence-electron chi connectivity index (χ2n) is 9.58. The molecular weight excluding hydrogens is 483 g/mol. The van der Waals surface area contributed by atoms with Gasteiger partial charge in [0.2, 0.25) is 0 Å². The van der Waals surface area contributed by atoms with Crippen LogP contribution < -0.4 is 5.73 Å². The molecule has 190 valence electrons. The Morgan fingerprint density at radius 1 is 1.17 bits per heavy atom. The number of hydrogen-bond donors (Lipinski definition) is 2. The average molecular weight is 512 g/mol. The van der Waals surface area contributed by atoms with E-state index in [4.69, 9.17) is 10.5 Å². The topological polar surface area (TPSA) is 106 Å². The maximum atomic E-state index is 13.4. The maximum Gasteiger partial charge on any atom is 0.421 e. The third-order valence-corrected chi connectivity index (χ3v) is 7.78. The Hall–Kier alpha value is -2.66. The van der Waals surface area contributed by atoms with Gasteiger partial charge < -0.3 is 20.5 Å². The van der Waals surface area contributed by atoms with Gasteiger partial charge in [-0.25, -0.2) is 9.78 Å². The summed E-state index contributed by atoms with van der Waals surface area (Å²) in [6, 6.07) is 5.04. The van der Waals surface area contributed by atoms with Crippen molar-refractivity contribution in [2.45, 2.75) is 74.7 Å². The van der Waals surface area contributed by atoms with Crippen molar-refractivity contribution in [1.82, 2.24) is 9.88 Å². The van der Waals surface area contributed by atoms with Gasteiger partial charge in [0, 0.05) is 28.4 Å². The number of halogens is 3. The summed E-state index contributed by atoms with van der Waals surface area (Å²) in [4.78, 5) is 31.0. The van der Waals surface area contributed by atoms with Crippen molar-refractivity contribution in [3.05, 3.63) is 52.0 Å². The van der Waals surface area contributed by atoms with Crippen LogP contribution in [-0.2, 0) is 15.8 Å². The van der Waals surface area contributed by atoms with E-state index < -0.39 is 23.3 Å². The number of carbonyl (C=O) groups excluding carboxylic acids is 2. The number of nitrogens with zero attached hydrogens (tertiary/aromatic N) is 2. The monoisotopic (exact) mass is 511 g/mol. The molecule has 0 bridgehead atoms. The minimum atomic E-state index is -4.83. The molecule has 2 aliphatic carbocycles. The highest BCUT2D eigenvalue weighted by Crippen LogP contribution is 2.44. The van der Waals surface area contributed by atoms with Crippen molar-refractivity contribution in [2.24, 2.45) is 5.73 Å². The summed E-state index contributed by atoms with van der Waals surface area (Å²) in [7, 11) is 0. The highest BCUT2D eigenvalue weighted by molar-refractivity contribution is 7.07. The number of benzene rings is 1. The van der Waals surface area contributed by atoms with Crippen LogP contribution in [0.15, 0.2) is 35.2 Å². The predicted octanol–water partition coefficient (Wildman–Crippen LogP) is 4.49. The lowest BCUT2D eigenvalue weighted by Gasteiger charge is -2.42. The lowest BCUT2D eigenvalue weighted by molar-refractivity contribution is -0.258. The van der Waals surface area contributed by atoms with Crippen LogP contribution in [-0.4, -0.2) is 51.9 Å². The van der Waals surface area contributed by atoms with Crippen molar-refractivity contribution in [1.29, 1.82) is 0 Å². The first kappa shape index (κ1) is 25.4. The van der Waals surface area contributed by atoms with Crippen molar-refractivity contribution in [3.63, 3.8) is 0 Å². The minimum Gasteiger partial charge on any atom is -0.449 e. The van der Waals surface area contributed by atoms with E-state index in [2.05, 4.69) is 4.98 Å². The lowest BCUT2D eigenvalue weighted by atomic mass is 9.70. The van der Waals surface area contributed by atoms with Crippen molar-refractivity contribution in [3.8, 4) is 0 Å². The Morgan fingerprint density at radius 3 is 2.26 bits per heavy atom. The van der Waals surface area contributed by atoms with Crippen LogP contribution in [0.2, 0.25) is 0 Å². The van der Waals surface area contributed by atoms with Gasteiger partial charge in [-0.3, -0.25) is 4.79 Å². The molecule has 2 aliphatic rings. The zero-order chi connectivity index (χ0) is 25.4.